The molecular formula is C13H19NO2. The molecule has 1 fully saturated rings. The van der Waals surface area contributed by atoms with Gasteiger partial charge in [0.05, 0.1) is 11.8 Å². The number of nitrogens with zero attached hydrogens (tertiary/aromatic N) is 1. The van der Waals surface area contributed by atoms with Crippen LogP contribution in [0.25, 0.3) is 0 Å². The third kappa shape index (κ3) is 2.42. The molecule has 2 rings (SSSR count). The van der Waals surface area contributed by atoms with Crippen LogP contribution in [0.3, 0.4) is 0 Å². The lowest BCUT2D eigenvalue weighted by Gasteiger charge is -2.27. The maximum absolute atomic E-state index is 10.3. The van der Waals surface area contributed by atoms with Crippen LogP contribution in [0.2, 0.25) is 0 Å². The zero-order valence-electron chi connectivity index (χ0n) is 9.72. The van der Waals surface area contributed by atoms with Gasteiger partial charge in [-0.15, -0.1) is 0 Å². The molecule has 2 heterocycles. The van der Waals surface area contributed by atoms with Crippen LogP contribution in [-0.4, -0.2) is 23.3 Å². The Balaban J connectivity index is 2.15. The van der Waals surface area contributed by atoms with Crippen molar-refractivity contribution in [1.82, 2.24) is 4.98 Å². The number of aliphatic hydroxyl groups is 1. The van der Waals surface area contributed by atoms with Gasteiger partial charge in [-0.3, -0.25) is 4.98 Å². The summed E-state index contributed by atoms with van der Waals surface area (Å²) in [6.07, 6.45) is 4.11. The van der Waals surface area contributed by atoms with E-state index in [0.717, 1.165) is 43.7 Å². The van der Waals surface area contributed by atoms with Gasteiger partial charge >= 0.3 is 0 Å². The van der Waals surface area contributed by atoms with Crippen LogP contribution in [0.1, 0.15) is 37.1 Å². The maximum atomic E-state index is 10.3. The van der Waals surface area contributed by atoms with E-state index in [9.17, 15) is 5.11 Å². The van der Waals surface area contributed by atoms with Crippen LogP contribution in [0.5, 0.6) is 0 Å². The van der Waals surface area contributed by atoms with E-state index in [1.165, 1.54) is 0 Å². The SMILES string of the molecule is CCc1cccnc1C(O)C1CCOCC1. The smallest absolute Gasteiger partial charge is 0.0992 e. The average Bonchev–Trinajstić information content (AvgIpc) is 2.39. The van der Waals surface area contributed by atoms with Crippen molar-refractivity contribution in [1.29, 1.82) is 0 Å². The van der Waals surface area contributed by atoms with Gasteiger partial charge in [0.2, 0.25) is 0 Å². The standard InChI is InChI=1S/C13H19NO2/c1-2-10-4-3-7-14-12(10)13(15)11-5-8-16-9-6-11/h3-4,7,11,13,15H,2,5-6,8-9H2,1H3. The van der Waals surface area contributed by atoms with Crippen LogP contribution in [0, 0.1) is 5.92 Å². The van der Waals surface area contributed by atoms with E-state index < -0.39 is 6.10 Å². The Morgan fingerprint density at radius 2 is 2.25 bits per heavy atom. The number of hydrogen-bond acceptors (Lipinski definition) is 3. The van der Waals surface area contributed by atoms with Crippen molar-refractivity contribution in [3.05, 3.63) is 29.6 Å². The topological polar surface area (TPSA) is 42.4 Å². The highest BCUT2D eigenvalue weighted by Gasteiger charge is 2.25. The molecule has 0 bridgehead atoms. The largest absolute Gasteiger partial charge is 0.387 e. The van der Waals surface area contributed by atoms with Gasteiger partial charge in [-0.2, -0.15) is 0 Å². The molecule has 3 nitrogen and oxygen atoms in total. The monoisotopic (exact) mass is 221 g/mol. The first-order valence-corrected chi connectivity index (χ1v) is 6.02. The molecule has 88 valence electrons. The van der Waals surface area contributed by atoms with Gasteiger partial charge in [-0.1, -0.05) is 13.0 Å². The van der Waals surface area contributed by atoms with Crippen LogP contribution >= 0.6 is 0 Å². The molecule has 3 heteroatoms. The molecule has 0 amide bonds. The molecule has 16 heavy (non-hydrogen) atoms. The highest BCUT2D eigenvalue weighted by atomic mass is 16.5. The Kier molecular flexibility index (Phi) is 3.91. The number of aromatic nitrogens is 1. The quantitative estimate of drug-likeness (QED) is 0.850. The summed E-state index contributed by atoms with van der Waals surface area (Å²) < 4.78 is 5.31. The summed E-state index contributed by atoms with van der Waals surface area (Å²) in [5, 5.41) is 10.3. The van der Waals surface area contributed by atoms with E-state index in [1.54, 1.807) is 6.20 Å². The van der Waals surface area contributed by atoms with Crippen LogP contribution in [0.4, 0.5) is 0 Å². The molecule has 1 aromatic rings. The zero-order valence-corrected chi connectivity index (χ0v) is 9.72. The number of hydrogen-bond donors (Lipinski definition) is 1. The summed E-state index contributed by atoms with van der Waals surface area (Å²) in [5.41, 5.74) is 2.01. The van der Waals surface area contributed by atoms with E-state index in [4.69, 9.17) is 4.74 Å². The van der Waals surface area contributed by atoms with Crippen molar-refractivity contribution in [2.75, 3.05) is 13.2 Å². The van der Waals surface area contributed by atoms with Gasteiger partial charge < -0.3 is 9.84 Å². The van der Waals surface area contributed by atoms with E-state index >= 15 is 0 Å². The minimum atomic E-state index is -0.431. The van der Waals surface area contributed by atoms with E-state index in [0.29, 0.717) is 5.92 Å². The fourth-order valence-electron chi connectivity index (χ4n) is 2.27. The Hall–Kier alpha value is -0.930. The lowest BCUT2D eigenvalue weighted by atomic mass is 9.89. The molecule has 0 spiro atoms. The predicted octanol–water partition coefficient (Wildman–Crippen LogP) is 2.10. The minimum Gasteiger partial charge on any atom is -0.387 e. The zero-order chi connectivity index (χ0) is 11.4. The van der Waals surface area contributed by atoms with Crippen molar-refractivity contribution in [3.8, 4) is 0 Å². The molecule has 1 atom stereocenters. The van der Waals surface area contributed by atoms with Gasteiger partial charge in [0.15, 0.2) is 0 Å². The molecule has 1 saturated heterocycles. The molecule has 1 aliphatic rings. The number of aliphatic hydroxyl groups excluding tert-OH is 1. The van der Waals surface area contributed by atoms with Gasteiger partial charge in [0, 0.05) is 19.4 Å². The number of rotatable bonds is 3. The minimum absolute atomic E-state index is 0.300. The summed E-state index contributed by atoms with van der Waals surface area (Å²) in [6.45, 7) is 3.61. The predicted molar refractivity (Wildman–Crippen MR) is 62.1 cm³/mol. The van der Waals surface area contributed by atoms with Crippen LogP contribution in [0.15, 0.2) is 18.3 Å². The second kappa shape index (κ2) is 5.41. The molecule has 1 N–H and O–H groups in total. The van der Waals surface area contributed by atoms with Crippen molar-refractivity contribution < 1.29 is 9.84 Å². The van der Waals surface area contributed by atoms with Crippen LogP contribution < -0.4 is 0 Å². The molecule has 0 aliphatic carbocycles. The van der Waals surface area contributed by atoms with Crippen molar-refractivity contribution in [3.63, 3.8) is 0 Å². The first kappa shape index (κ1) is 11.6. The van der Waals surface area contributed by atoms with Gasteiger partial charge in [-0.05, 0) is 36.8 Å². The first-order chi connectivity index (χ1) is 7.83. The Bertz CT molecular complexity index is 334. The summed E-state index contributed by atoms with van der Waals surface area (Å²) in [6, 6.07) is 3.98. The third-order valence-corrected chi connectivity index (χ3v) is 3.30. The molecule has 0 radical (unpaired) electrons. The summed E-state index contributed by atoms with van der Waals surface area (Å²) in [5.74, 6) is 0.300. The molecule has 1 unspecified atom stereocenters. The number of aryl methyl sites for hydroxylation is 1. The Labute approximate surface area is 96.5 Å². The number of ether oxygens (including phenoxy) is 1. The van der Waals surface area contributed by atoms with Gasteiger partial charge in [0.25, 0.3) is 0 Å². The van der Waals surface area contributed by atoms with Gasteiger partial charge in [-0.25, -0.2) is 0 Å². The lowest BCUT2D eigenvalue weighted by molar-refractivity contribution is 0.00524. The molecule has 0 saturated carbocycles. The normalized spacial score (nSPS) is 19.6. The van der Waals surface area contributed by atoms with Gasteiger partial charge in [0.1, 0.15) is 0 Å². The Morgan fingerprint density at radius 3 is 2.94 bits per heavy atom. The average molecular weight is 221 g/mol. The summed E-state index contributed by atoms with van der Waals surface area (Å²) in [7, 11) is 0. The lowest BCUT2D eigenvalue weighted by Crippen LogP contribution is -2.23. The first-order valence-electron chi connectivity index (χ1n) is 6.02. The molecule has 1 aromatic heterocycles. The Morgan fingerprint density at radius 1 is 1.50 bits per heavy atom. The maximum Gasteiger partial charge on any atom is 0.0992 e. The van der Waals surface area contributed by atoms with Crippen molar-refractivity contribution in [2.45, 2.75) is 32.3 Å². The fraction of sp³-hybridized carbons (Fsp3) is 0.615. The van der Waals surface area contributed by atoms with Crippen molar-refractivity contribution >= 4 is 0 Å². The molecular weight excluding hydrogens is 202 g/mol. The number of pyridine rings is 1. The molecule has 1 aliphatic heterocycles. The summed E-state index contributed by atoms with van der Waals surface area (Å²) in [4.78, 5) is 4.33. The second-order valence-corrected chi connectivity index (χ2v) is 4.30. The van der Waals surface area contributed by atoms with Crippen LogP contribution in [-0.2, 0) is 11.2 Å². The highest BCUT2D eigenvalue weighted by Crippen LogP contribution is 2.30. The summed E-state index contributed by atoms with van der Waals surface area (Å²) >= 11 is 0. The van der Waals surface area contributed by atoms with E-state index in [1.807, 2.05) is 12.1 Å². The van der Waals surface area contributed by atoms with E-state index in [-0.39, 0.29) is 0 Å². The fourth-order valence-corrected chi connectivity index (χ4v) is 2.27. The highest BCUT2D eigenvalue weighted by molar-refractivity contribution is 5.22. The second-order valence-electron chi connectivity index (χ2n) is 4.30. The van der Waals surface area contributed by atoms with E-state index in [2.05, 4.69) is 11.9 Å². The third-order valence-electron chi connectivity index (χ3n) is 3.30. The molecule has 0 aromatic carbocycles. The van der Waals surface area contributed by atoms with Crippen molar-refractivity contribution in [2.24, 2.45) is 5.92 Å².